The molecule has 0 fully saturated rings. The number of hydrogen-bond acceptors (Lipinski definition) is 1. The lowest BCUT2D eigenvalue weighted by molar-refractivity contribution is -0.117. The van der Waals surface area contributed by atoms with Gasteiger partial charge < -0.3 is 4.79 Å². The largest absolute Gasteiger partial charge is 0.300 e. The van der Waals surface area contributed by atoms with Crippen molar-refractivity contribution in [1.29, 1.82) is 0 Å². The fourth-order valence-corrected chi connectivity index (χ4v) is 1.57. The standard InChI is InChI=1S/C12H16O/c1-3-11(9-10(2)13)12-7-5-4-6-8-12/h4-8,11H,3,9H2,1-2H3/t11-/m0/s1. The van der Waals surface area contributed by atoms with Gasteiger partial charge in [0, 0.05) is 6.42 Å². The monoisotopic (exact) mass is 176 g/mol. The Kier molecular flexibility index (Phi) is 3.69. The first-order chi connectivity index (χ1) is 6.24. The van der Waals surface area contributed by atoms with Crippen LogP contribution in [-0.2, 0) is 4.79 Å². The molecule has 0 saturated heterocycles. The Bertz CT molecular complexity index is 264. The molecule has 0 aliphatic carbocycles. The highest BCUT2D eigenvalue weighted by Gasteiger charge is 2.10. The van der Waals surface area contributed by atoms with E-state index in [2.05, 4.69) is 19.1 Å². The maximum atomic E-state index is 11.0. The van der Waals surface area contributed by atoms with E-state index in [0.29, 0.717) is 12.3 Å². The smallest absolute Gasteiger partial charge is 0.130 e. The second-order valence-electron chi connectivity index (χ2n) is 3.42. The third-order valence-electron chi connectivity index (χ3n) is 2.30. The minimum atomic E-state index is 0.274. The molecule has 0 amide bonds. The van der Waals surface area contributed by atoms with E-state index in [1.54, 1.807) is 6.92 Å². The molecule has 0 heterocycles. The summed E-state index contributed by atoms with van der Waals surface area (Å²) in [4.78, 5) is 11.0. The second kappa shape index (κ2) is 4.80. The van der Waals surface area contributed by atoms with Crippen molar-refractivity contribution in [3.63, 3.8) is 0 Å². The Morgan fingerprint density at radius 1 is 1.31 bits per heavy atom. The number of hydrogen-bond donors (Lipinski definition) is 0. The summed E-state index contributed by atoms with van der Waals surface area (Å²) in [5.74, 6) is 0.675. The van der Waals surface area contributed by atoms with Crippen molar-refractivity contribution in [2.45, 2.75) is 32.6 Å². The highest BCUT2D eigenvalue weighted by molar-refractivity contribution is 5.76. The fraction of sp³-hybridized carbons (Fsp3) is 0.417. The van der Waals surface area contributed by atoms with Crippen molar-refractivity contribution in [3.8, 4) is 0 Å². The number of carbonyl (C=O) groups excluding carboxylic acids is 1. The van der Waals surface area contributed by atoms with Gasteiger partial charge in [-0.15, -0.1) is 0 Å². The maximum Gasteiger partial charge on any atom is 0.130 e. The summed E-state index contributed by atoms with van der Waals surface area (Å²) < 4.78 is 0. The van der Waals surface area contributed by atoms with Gasteiger partial charge in [0.05, 0.1) is 0 Å². The molecule has 13 heavy (non-hydrogen) atoms. The third-order valence-corrected chi connectivity index (χ3v) is 2.30. The lowest BCUT2D eigenvalue weighted by atomic mass is 9.92. The number of benzene rings is 1. The molecule has 0 aliphatic rings. The van der Waals surface area contributed by atoms with Crippen molar-refractivity contribution in [2.24, 2.45) is 0 Å². The van der Waals surface area contributed by atoms with Crippen LogP contribution in [0.3, 0.4) is 0 Å². The Balaban J connectivity index is 2.73. The molecule has 0 saturated carbocycles. The minimum absolute atomic E-state index is 0.274. The van der Waals surface area contributed by atoms with Gasteiger partial charge in [-0.3, -0.25) is 0 Å². The SMILES string of the molecule is CC[C@@H](CC(C)=O)c1ccccc1. The minimum Gasteiger partial charge on any atom is -0.300 e. The predicted octanol–water partition coefficient (Wildman–Crippen LogP) is 3.16. The molecule has 0 N–H and O–H groups in total. The Labute approximate surface area is 79.8 Å². The summed E-state index contributed by atoms with van der Waals surface area (Å²) in [6.45, 7) is 3.78. The highest BCUT2D eigenvalue weighted by atomic mass is 16.1. The molecule has 0 unspecified atom stereocenters. The molecule has 1 rings (SSSR count). The van der Waals surface area contributed by atoms with E-state index < -0.39 is 0 Å². The molecule has 1 heteroatoms. The molecule has 1 atom stereocenters. The van der Waals surface area contributed by atoms with Gasteiger partial charge in [-0.25, -0.2) is 0 Å². The zero-order valence-corrected chi connectivity index (χ0v) is 8.29. The molecule has 70 valence electrons. The second-order valence-corrected chi connectivity index (χ2v) is 3.42. The van der Waals surface area contributed by atoms with Gasteiger partial charge in [-0.05, 0) is 24.8 Å². The van der Waals surface area contributed by atoms with Crippen LogP contribution >= 0.6 is 0 Å². The molecule has 0 aliphatic heterocycles. The summed E-state index contributed by atoms with van der Waals surface area (Å²) in [6.07, 6.45) is 1.70. The average molecular weight is 176 g/mol. The van der Waals surface area contributed by atoms with Crippen LogP contribution in [0.1, 0.15) is 38.2 Å². The van der Waals surface area contributed by atoms with Crippen molar-refractivity contribution >= 4 is 5.78 Å². The van der Waals surface area contributed by atoms with Gasteiger partial charge in [0.2, 0.25) is 0 Å². The van der Waals surface area contributed by atoms with Gasteiger partial charge in [0.15, 0.2) is 0 Å². The van der Waals surface area contributed by atoms with Crippen LogP contribution in [0.2, 0.25) is 0 Å². The van der Waals surface area contributed by atoms with Gasteiger partial charge in [0.25, 0.3) is 0 Å². The maximum absolute atomic E-state index is 11.0. The topological polar surface area (TPSA) is 17.1 Å². The Morgan fingerprint density at radius 3 is 2.38 bits per heavy atom. The molecule has 0 radical (unpaired) electrons. The van der Waals surface area contributed by atoms with Gasteiger partial charge in [0.1, 0.15) is 5.78 Å². The Hall–Kier alpha value is -1.11. The molecular weight excluding hydrogens is 160 g/mol. The fourth-order valence-electron chi connectivity index (χ4n) is 1.57. The van der Waals surface area contributed by atoms with Crippen molar-refractivity contribution in [2.75, 3.05) is 0 Å². The van der Waals surface area contributed by atoms with Crippen LogP contribution in [0.15, 0.2) is 30.3 Å². The Morgan fingerprint density at radius 2 is 1.92 bits per heavy atom. The molecule has 0 spiro atoms. The zero-order valence-electron chi connectivity index (χ0n) is 8.29. The number of Topliss-reactive ketones (excluding diaryl/α,β-unsaturated/α-hetero) is 1. The first-order valence-electron chi connectivity index (χ1n) is 4.78. The van der Waals surface area contributed by atoms with Crippen LogP contribution in [0.25, 0.3) is 0 Å². The van der Waals surface area contributed by atoms with Gasteiger partial charge in [-0.1, -0.05) is 37.3 Å². The van der Waals surface area contributed by atoms with E-state index in [-0.39, 0.29) is 5.78 Å². The normalized spacial score (nSPS) is 12.5. The van der Waals surface area contributed by atoms with E-state index in [4.69, 9.17) is 0 Å². The van der Waals surface area contributed by atoms with Crippen molar-refractivity contribution < 1.29 is 4.79 Å². The van der Waals surface area contributed by atoms with Crippen LogP contribution < -0.4 is 0 Å². The number of ketones is 1. The summed E-state index contributed by atoms with van der Waals surface area (Å²) >= 11 is 0. The first kappa shape index (κ1) is 9.97. The van der Waals surface area contributed by atoms with E-state index >= 15 is 0 Å². The van der Waals surface area contributed by atoms with Crippen molar-refractivity contribution in [3.05, 3.63) is 35.9 Å². The third kappa shape index (κ3) is 3.02. The molecule has 1 nitrogen and oxygen atoms in total. The van der Waals surface area contributed by atoms with E-state index in [1.807, 2.05) is 18.2 Å². The summed E-state index contributed by atoms with van der Waals surface area (Å²) in [7, 11) is 0. The first-order valence-corrected chi connectivity index (χ1v) is 4.78. The zero-order chi connectivity index (χ0) is 9.68. The molecule has 0 aromatic heterocycles. The summed E-state index contributed by atoms with van der Waals surface area (Å²) in [6, 6.07) is 10.2. The van der Waals surface area contributed by atoms with Crippen LogP contribution in [-0.4, -0.2) is 5.78 Å². The average Bonchev–Trinajstić information content (AvgIpc) is 2.15. The quantitative estimate of drug-likeness (QED) is 0.688. The lowest BCUT2D eigenvalue weighted by Crippen LogP contribution is -2.02. The molecule has 0 bridgehead atoms. The van der Waals surface area contributed by atoms with Crippen LogP contribution in [0.4, 0.5) is 0 Å². The number of carbonyl (C=O) groups is 1. The van der Waals surface area contributed by atoms with E-state index in [9.17, 15) is 4.79 Å². The molecule has 1 aromatic rings. The van der Waals surface area contributed by atoms with E-state index in [0.717, 1.165) is 6.42 Å². The molecule has 1 aromatic carbocycles. The van der Waals surface area contributed by atoms with Crippen LogP contribution in [0, 0.1) is 0 Å². The number of rotatable bonds is 4. The van der Waals surface area contributed by atoms with Gasteiger partial charge >= 0.3 is 0 Å². The predicted molar refractivity (Wildman–Crippen MR) is 54.8 cm³/mol. The van der Waals surface area contributed by atoms with Gasteiger partial charge in [-0.2, -0.15) is 0 Å². The molecular formula is C12H16O. The highest BCUT2D eigenvalue weighted by Crippen LogP contribution is 2.22. The van der Waals surface area contributed by atoms with Crippen molar-refractivity contribution in [1.82, 2.24) is 0 Å². The summed E-state index contributed by atoms with van der Waals surface area (Å²) in [5.41, 5.74) is 1.28. The van der Waals surface area contributed by atoms with E-state index in [1.165, 1.54) is 5.56 Å². The summed E-state index contributed by atoms with van der Waals surface area (Å²) in [5, 5.41) is 0. The lowest BCUT2D eigenvalue weighted by Gasteiger charge is -2.12. The van der Waals surface area contributed by atoms with Crippen LogP contribution in [0.5, 0.6) is 0 Å².